The predicted molar refractivity (Wildman–Crippen MR) is 61.4 cm³/mol. The smallest absolute Gasteiger partial charge is 0.330 e. The lowest BCUT2D eigenvalue weighted by Crippen LogP contribution is -2.42. The number of nitrogens with two attached hydrogens (primary N) is 1. The second-order valence-corrected chi connectivity index (χ2v) is 5.22. The normalized spacial score (nSPS) is 23.6. The van der Waals surface area contributed by atoms with E-state index < -0.39 is 5.51 Å². The molecule has 1 rings (SSSR count). The van der Waals surface area contributed by atoms with E-state index in [0.29, 0.717) is 19.1 Å². The molecule has 0 aromatic rings. The third-order valence-corrected chi connectivity index (χ3v) is 3.61. The molecular weight excluding hydrogens is 237 g/mol. The molecule has 2 N–H and O–H groups in total. The van der Waals surface area contributed by atoms with Crippen LogP contribution in [-0.4, -0.2) is 41.8 Å². The molecule has 1 heterocycles. The Morgan fingerprint density at radius 3 is 2.69 bits per heavy atom. The van der Waals surface area contributed by atoms with Gasteiger partial charge in [0.15, 0.2) is 0 Å². The van der Waals surface area contributed by atoms with Gasteiger partial charge in [0.05, 0.1) is 0 Å². The first-order valence-corrected chi connectivity index (χ1v) is 6.66. The van der Waals surface area contributed by atoms with Crippen molar-refractivity contribution in [1.29, 1.82) is 0 Å². The quantitative estimate of drug-likeness (QED) is 0.819. The fourth-order valence-corrected chi connectivity index (χ4v) is 2.71. The minimum atomic E-state index is -4.10. The Balaban J connectivity index is 2.27. The van der Waals surface area contributed by atoms with Gasteiger partial charge in [0.2, 0.25) is 0 Å². The van der Waals surface area contributed by atoms with E-state index in [2.05, 4.69) is 4.90 Å². The van der Waals surface area contributed by atoms with Crippen LogP contribution in [-0.2, 0) is 0 Å². The molecule has 16 heavy (non-hydrogen) atoms. The van der Waals surface area contributed by atoms with E-state index in [1.165, 1.54) is 6.42 Å². The van der Waals surface area contributed by atoms with Crippen molar-refractivity contribution in [2.24, 2.45) is 5.73 Å². The van der Waals surface area contributed by atoms with Crippen LogP contribution in [0, 0.1) is 0 Å². The summed E-state index contributed by atoms with van der Waals surface area (Å²) in [5, 5.41) is 0. The summed E-state index contributed by atoms with van der Waals surface area (Å²) in [6, 6.07) is 0.396. The predicted octanol–water partition coefficient (Wildman–Crippen LogP) is 2.44. The summed E-state index contributed by atoms with van der Waals surface area (Å²) in [6.45, 7) is 2.06. The van der Waals surface area contributed by atoms with Crippen LogP contribution in [0.5, 0.6) is 0 Å². The summed E-state index contributed by atoms with van der Waals surface area (Å²) < 4.78 is 35.9. The summed E-state index contributed by atoms with van der Waals surface area (Å²) in [6.07, 6.45) is 4.25. The molecule has 0 aromatic carbocycles. The highest BCUT2D eigenvalue weighted by atomic mass is 32.2. The van der Waals surface area contributed by atoms with E-state index >= 15 is 0 Å². The first-order chi connectivity index (χ1) is 7.53. The van der Waals surface area contributed by atoms with E-state index in [9.17, 15) is 13.2 Å². The van der Waals surface area contributed by atoms with E-state index in [1.54, 1.807) is 0 Å². The molecule has 0 saturated carbocycles. The lowest BCUT2D eigenvalue weighted by atomic mass is 9.99. The summed E-state index contributed by atoms with van der Waals surface area (Å²) in [7, 11) is 0. The van der Waals surface area contributed by atoms with E-state index in [-0.39, 0.29) is 17.5 Å². The Kier molecular flexibility index (Phi) is 5.92. The molecule has 1 unspecified atom stereocenters. The summed E-state index contributed by atoms with van der Waals surface area (Å²) in [4.78, 5) is 2.16. The summed E-state index contributed by atoms with van der Waals surface area (Å²) in [5.41, 5.74) is 1.41. The minimum Gasteiger partial charge on any atom is -0.330 e. The molecule has 1 aliphatic rings. The van der Waals surface area contributed by atoms with Crippen molar-refractivity contribution in [3.05, 3.63) is 0 Å². The van der Waals surface area contributed by atoms with Crippen molar-refractivity contribution < 1.29 is 13.2 Å². The van der Waals surface area contributed by atoms with Crippen LogP contribution < -0.4 is 5.73 Å². The van der Waals surface area contributed by atoms with E-state index in [0.717, 1.165) is 25.8 Å². The number of nitrogens with zero attached hydrogens (tertiary/aromatic N) is 1. The first-order valence-electron chi connectivity index (χ1n) is 5.68. The Hall–Kier alpha value is 0.0600. The van der Waals surface area contributed by atoms with Crippen molar-refractivity contribution >= 4 is 11.8 Å². The van der Waals surface area contributed by atoms with Gasteiger partial charge < -0.3 is 5.73 Å². The third-order valence-electron chi connectivity index (χ3n) is 2.89. The number of alkyl halides is 3. The average Bonchev–Trinajstić information content (AvgIpc) is 2.19. The second-order valence-electron chi connectivity index (χ2n) is 4.06. The van der Waals surface area contributed by atoms with Crippen molar-refractivity contribution in [2.45, 2.75) is 37.2 Å². The first kappa shape index (κ1) is 14.1. The number of halogens is 3. The van der Waals surface area contributed by atoms with Crippen molar-refractivity contribution in [3.8, 4) is 0 Å². The van der Waals surface area contributed by atoms with Crippen molar-refractivity contribution in [1.82, 2.24) is 4.90 Å². The number of likely N-dealkylation sites (tertiary alicyclic amines) is 1. The Labute approximate surface area is 98.7 Å². The molecule has 0 radical (unpaired) electrons. The second kappa shape index (κ2) is 6.71. The zero-order chi connectivity index (χ0) is 12.0. The van der Waals surface area contributed by atoms with Crippen LogP contribution >= 0.6 is 11.8 Å². The molecule has 1 aliphatic heterocycles. The van der Waals surface area contributed by atoms with Gasteiger partial charge in [-0.25, -0.2) is 0 Å². The van der Waals surface area contributed by atoms with Gasteiger partial charge >= 0.3 is 5.51 Å². The minimum absolute atomic E-state index is 0.0744. The zero-order valence-corrected chi connectivity index (χ0v) is 10.1. The standard InChI is InChI=1S/C10H19F3N2S/c11-10(12,13)16-8-7-15-6-2-1-3-9(15)4-5-14/h9H,1-8,14H2. The van der Waals surface area contributed by atoms with Gasteiger partial charge in [0.1, 0.15) is 0 Å². The molecule has 1 atom stereocenters. The lowest BCUT2D eigenvalue weighted by molar-refractivity contribution is -0.0329. The number of rotatable bonds is 5. The molecule has 0 aliphatic carbocycles. The summed E-state index contributed by atoms with van der Waals surface area (Å²) in [5.74, 6) is 0.130. The monoisotopic (exact) mass is 256 g/mol. The molecule has 2 nitrogen and oxygen atoms in total. The maximum atomic E-state index is 12.0. The molecular formula is C10H19F3N2S. The van der Waals surface area contributed by atoms with Gasteiger partial charge in [-0.05, 0) is 44.1 Å². The van der Waals surface area contributed by atoms with Crippen LogP contribution in [0.15, 0.2) is 0 Å². The van der Waals surface area contributed by atoms with E-state index in [4.69, 9.17) is 5.73 Å². The van der Waals surface area contributed by atoms with Crippen LogP contribution in [0.4, 0.5) is 13.2 Å². The topological polar surface area (TPSA) is 29.3 Å². The van der Waals surface area contributed by atoms with Crippen molar-refractivity contribution in [3.63, 3.8) is 0 Å². The SMILES string of the molecule is NCCC1CCCCN1CCSC(F)(F)F. The van der Waals surface area contributed by atoms with Gasteiger partial charge in [-0.3, -0.25) is 4.90 Å². The number of hydrogen-bond acceptors (Lipinski definition) is 3. The molecule has 6 heteroatoms. The third kappa shape index (κ3) is 5.41. The zero-order valence-electron chi connectivity index (χ0n) is 9.30. The highest BCUT2D eigenvalue weighted by Crippen LogP contribution is 2.30. The fraction of sp³-hybridized carbons (Fsp3) is 1.00. The molecule has 0 bridgehead atoms. The maximum absolute atomic E-state index is 12.0. The highest BCUT2D eigenvalue weighted by Gasteiger charge is 2.29. The summed E-state index contributed by atoms with van der Waals surface area (Å²) >= 11 is 0.0744. The van der Waals surface area contributed by atoms with Gasteiger partial charge in [0, 0.05) is 18.3 Å². The molecule has 0 amide bonds. The Morgan fingerprint density at radius 1 is 1.31 bits per heavy atom. The number of hydrogen-bond donors (Lipinski definition) is 1. The highest BCUT2D eigenvalue weighted by molar-refractivity contribution is 8.00. The molecule has 1 saturated heterocycles. The molecule has 1 fully saturated rings. The Bertz CT molecular complexity index is 197. The maximum Gasteiger partial charge on any atom is 0.441 e. The lowest BCUT2D eigenvalue weighted by Gasteiger charge is -2.35. The van der Waals surface area contributed by atoms with Crippen LogP contribution in [0.1, 0.15) is 25.7 Å². The fourth-order valence-electron chi connectivity index (χ4n) is 2.15. The van der Waals surface area contributed by atoms with Crippen molar-refractivity contribution in [2.75, 3.05) is 25.4 Å². The van der Waals surface area contributed by atoms with Gasteiger partial charge in [-0.15, -0.1) is 0 Å². The molecule has 96 valence electrons. The van der Waals surface area contributed by atoms with Gasteiger partial charge in [0.25, 0.3) is 0 Å². The average molecular weight is 256 g/mol. The molecule has 0 spiro atoms. The van der Waals surface area contributed by atoms with Gasteiger partial charge in [-0.2, -0.15) is 13.2 Å². The van der Waals surface area contributed by atoms with Crippen LogP contribution in [0.25, 0.3) is 0 Å². The number of piperidine rings is 1. The molecule has 0 aromatic heterocycles. The number of thioether (sulfide) groups is 1. The largest absolute Gasteiger partial charge is 0.441 e. The van der Waals surface area contributed by atoms with Gasteiger partial charge in [-0.1, -0.05) is 6.42 Å². The van der Waals surface area contributed by atoms with Crippen LogP contribution in [0.2, 0.25) is 0 Å². The Morgan fingerprint density at radius 2 is 2.06 bits per heavy atom. The van der Waals surface area contributed by atoms with Crippen LogP contribution in [0.3, 0.4) is 0 Å². The van der Waals surface area contributed by atoms with E-state index in [1.807, 2.05) is 0 Å².